The molecule has 0 amide bonds. The molecule has 2 N–H and O–H groups in total. The SMILES string of the molecule is CNC1CCC(O)(c2cccc(OC)c2)C(CN(C)C)C1. The van der Waals surface area contributed by atoms with Gasteiger partial charge < -0.3 is 20.1 Å². The quantitative estimate of drug-likeness (QED) is 0.869. The number of hydrogen-bond acceptors (Lipinski definition) is 4. The van der Waals surface area contributed by atoms with E-state index < -0.39 is 5.60 Å². The molecule has 1 saturated carbocycles. The molecule has 3 unspecified atom stereocenters. The first kappa shape index (κ1) is 16.3. The highest BCUT2D eigenvalue weighted by atomic mass is 16.5. The summed E-state index contributed by atoms with van der Waals surface area (Å²) in [5.74, 6) is 1.02. The molecule has 1 aromatic rings. The topological polar surface area (TPSA) is 44.7 Å². The van der Waals surface area contributed by atoms with Crippen molar-refractivity contribution in [2.45, 2.75) is 30.9 Å². The second kappa shape index (κ2) is 6.77. The summed E-state index contributed by atoms with van der Waals surface area (Å²) in [7, 11) is 7.80. The van der Waals surface area contributed by atoms with Gasteiger partial charge in [-0.25, -0.2) is 0 Å². The molecule has 2 rings (SSSR count). The lowest BCUT2D eigenvalue weighted by Gasteiger charge is -2.44. The lowest BCUT2D eigenvalue weighted by atomic mass is 9.69. The van der Waals surface area contributed by atoms with Gasteiger partial charge in [-0.15, -0.1) is 0 Å². The fourth-order valence-electron chi connectivity index (χ4n) is 3.46. The number of nitrogens with one attached hydrogen (secondary N) is 1. The number of rotatable bonds is 5. The van der Waals surface area contributed by atoms with E-state index in [1.807, 2.05) is 31.3 Å². The van der Waals surface area contributed by atoms with Crippen LogP contribution in [0.2, 0.25) is 0 Å². The van der Waals surface area contributed by atoms with E-state index in [0.29, 0.717) is 6.04 Å². The highest BCUT2D eigenvalue weighted by Gasteiger charge is 2.43. The molecular weight excluding hydrogens is 264 g/mol. The normalized spacial score (nSPS) is 29.6. The molecule has 4 heteroatoms. The minimum absolute atomic E-state index is 0.214. The van der Waals surface area contributed by atoms with E-state index in [9.17, 15) is 5.11 Å². The molecule has 0 aromatic heterocycles. The first-order valence-corrected chi connectivity index (χ1v) is 7.68. The molecular formula is C17H28N2O2. The Kier molecular flexibility index (Phi) is 5.25. The monoisotopic (exact) mass is 292 g/mol. The summed E-state index contributed by atoms with van der Waals surface area (Å²) in [4.78, 5) is 2.16. The van der Waals surface area contributed by atoms with Crippen molar-refractivity contribution < 1.29 is 9.84 Å². The highest BCUT2D eigenvalue weighted by molar-refractivity contribution is 5.33. The molecule has 1 aromatic carbocycles. The third-order valence-corrected chi connectivity index (χ3v) is 4.68. The Hall–Kier alpha value is -1.10. The van der Waals surface area contributed by atoms with E-state index in [0.717, 1.165) is 37.1 Å². The zero-order valence-electron chi connectivity index (χ0n) is 13.6. The molecule has 0 saturated heterocycles. The number of methoxy groups -OCH3 is 1. The Labute approximate surface area is 128 Å². The number of hydrogen-bond donors (Lipinski definition) is 2. The minimum Gasteiger partial charge on any atom is -0.497 e. The average Bonchev–Trinajstić information content (AvgIpc) is 2.49. The third kappa shape index (κ3) is 3.57. The number of ether oxygens (including phenoxy) is 1. The van der Waals surface area contributed by atoms with Crippen molar-refractivity contribution in [2.24, 2.45) is 5.92 Å². The highest BCUT2D eigenvalue weighted by Crippen LogP contribution is 2.42. The maximum absolute atomic E-state index is 11.4. The molecule has 118 valence electrons. The van der Waals surface area contributed by atoms with Crippen LogP contribution in [0.5, 0.6) is 5.75 Å². The van der Waals surface area contributed by atoms with Crippen molar-refractivity contribution in [3.63, 3.8) is 0 Å². The Bertz CT molecular complexity index is 464. The molecule has 0 heterocycles. The maximum atomic E-state index is 11.4. The molecule has 0 bridgehead atoms. The van der Waals surface area contributed by atoms with Crippen LogP contribution in [0.25, 0.3) is 0 Å². The van der Waals surface area contributed by atoms with Gasteiger partial charge in [0.05, 0.1) is 12.7 Å². The smallest absolute Gasteiger partial charge is 0.119 e. The van der Waals surface area contributed by atoms with Crippen molar-refractivity contribution in [3.05, 3.63) is 29.8 Å². The standard InChI is InChI=1S/C17H28N2O2/c1-18-15-8-9-17(20,14(10-15)12-19(2)3)13-6-5-7-16(11-13)21-4/h5-7,11,14-15,18,20H,8-10,12H2,1-4H3. The summed E-state index contributed by atoms with van der Waals surface area (Å²) < 4.78 is 5.32. The third-order valence-electron chi connectivity index (χ3n) is 4.68. The van der Waals surface area contributed by atoms with Crippen LogP contribution in [0.15, 0.2) is 24.3 Å². The number of benzene rings is 1. The van der Waals surface area contributed by atoms with E-state index in [1.165, 1.54) is 0 Å². The maximum Gasteiger partial charge on any atom is 0.119 e. The number of aliphatic hydroxyl groups is 1. The predicted molar refractivity (Wildman–Crippen MR) is 85.6 cm³/mol. The van der Waals surface area contributed by atoms with E-state index in [1.54, 1.807) is 7.11 Å². The van der Waals surface area contributed by atoms with Gasteiger partial charge in [0, 0.05) is 18.5 Å². The Morgan fingerprint density at radius 3 is 2.81 bits per heavy atom. The fraction of sp³-hybridized carbons (Fsp3) is 0.647. The van der Waals surface area contributed by atoms with Crippen molar-refractivity contribution >= 4 is 0 Å². The molecule has 0 aliphatic heterocycles. The molecule has 1 aliphatic rings. The van der Waals surface area contributed by atoms with E-state index >= 15 is 0 Å². The van der Waals surface area contributed by atoms with Gasteiger partial charge in [0.25, 0.3) is 0 Å². The van der Waals surface area contributed by atoms with Crippen LogP contribution < -0.4 is 10.1 Å². The Morgan fingerprint density at radius 1 is 1.43 bits per heavy atom. The molecule has 1 fully saturated rings. The van der Waals surface area contributed by atoms with E-state index in [2.05, 4.69) is 24.3 Å². The number of nitrogens with zero attached hydrogens (tertiary/aromatic N) is 1. The van der Waals surface area contributed by atoms with Gasteiger partial charge in [-0.1, -0.05) is 12.1 Å². The van der Waals surface area contributed by atoms with Crippen LogP contribution in [0.1, 0.15) is 24.8 Å². The van der Waals surface area contributed by atoms with Gasteiger partial charge >= 0.3 is 0 Å². The lowest BCUT2D eigenvalue weighted by Crippen LogP contribution is -2.48. The zero-order chi connectivity index (χ0) is 15.5. The van der Waals surface area contributed by atoms with Gasteiger partial charge in [-0.05, 0) is 58.1 Å². The lowest BCUT2D eigenvalue weighted by molar-refractivity contribution is -0.0687. The summed E-state index contributed by atoms with van der Waals surface area (Å²) in [5.41, 5.74) is 0.204. The first-order valence-electron chi connectivity index (χ1n) is 7.68. The molecule has 0 spiro atoms. The Balaban J connectivity index is 2.30. The second-order valence-corrected chi connectivity index (χ2v) is 6.38. The summed E-state index contributed by atoms with van der Waals surface area (Å²) in [6.07, 6.45) is 2.76. The van der Waals surface area contributed by atoms with Gasteiger partial charge in [0.1, 0.15) is 5.75 Å². The summed E-state index contributed by atoms with van der Waals surface area (Å²) in [6, 6.07) is 8.37. The molecule has 4 nitrogen and oxygen atoms in total. The predicted octanol–water partition coefficient (Wildman–Crippen LogP) is 1.83. The van der Waals surface area contributed by atoms with Crippen molar-refractivity contribution in [2.75, 3.05) is 34.8 Å². The van der Waals surface area contributed by atoms with Crippen LogP contribution in [0.3, 0.4) is 0 Å². The van der Waals surface area contributed by atoms with Crippen LogP contribution in [-0.4, -0.2) is 50.8 Å². The molecule has 21 heavy (non-hydrogen) atoms. The van der Waals surface area contributed by atoms with Crippen molar-refractivity contribution in [1.29, 1.82) is 0 Å². The summed E-state index contributed by atoms with van der Waals surface area (Å²) >= 11 is 0. The molecule has 0 radical (unpaired) electrons. The Morgan fingerprint density at radius 2 is 2.19 bits per heavy atom. The largest absolute Gasteiger partial charge is 0.497 e. The van der Waals surface area contributed by atoms with Gasteiger partial charge in [-0.2, -0.15) is 0 Å². The molecule has 1 aliphatic carbocycles. The van der Waals surface area contributed by atoms with Crippen LogP contribution >= 0.6 is 0 Å². The molecule has 3 atom stereocenters. The fourth-order valence-corrected chi connectivity index (χ4v) is 3.46. The van der Waals surface area contributed by atoms with Gasteiger partial charge in [-0.3, -0.25) is 0 Å². The van der Waals surface area contributed by atoms with Crippen LogP contribution in [0, 0.1) is 5.92 Å². The van der Waals surface area contributed by atoms with Crippen LogP contribution in [-0.2, 0) is 5.60 Å². The zero-order valence-corrected chi connectivity index (χ0v) is 13.6. The van der Waals surface area contributed by atoms with E-state index in [-0.39, 0.29) is 5.92 Å². The van der Waals surface area contributed by atoms with Crippen molar-refractivity contribution in [1.82, 2.24) is 10.2 Å². The van der Waals surface area contributed by atoms with E-state index in [4.69, 9.17) is 4.74 Å². The minimum atomic E-state index is -0.772. The average molecular weight is 292 g/mol. The summed E-state index contributed by atoms with van der Waals surface area (Å²) in [6.45, 7) is 0.881. The van der Waals surface area contributed by atoms with Crippen LogP contribution in [0.4, 0.5) is 0 Å². The second-order valence-electron chi connectivity index (χ2n) is 6.38. The van der Waals surface area contributed by atoms with Gasteiger partial charge in [0.15, 0.2) is 0 Å². The van der Waals surface area contributed by atoms with Crippen molar-refractivity contribution in [3.8, 4) is 5.75 Å². The first-order chi connectivity index (χ1) is 9.99. The summed E-state index contributed by atoms with van der Waals surface area (Å²) in [5, 5.41) is 14.7. The van der Waals surface area contributed by atoms with Gasteiger partial charge in [0.2, 0.25) is 0 Å².